The number of fused-ring (bicyclic) bond motifs is 1. The topological polar surface area (TPSA) is 47.8 Å². The molecule has 0 bridgehead atoms. The van der Waals surface area contributed by atoms with Crippen molar-refractivity contribution >= 4 is 5.78 Å². The first-order valence-corrected chi connectivity index (χ1v) is 6.38. The summed E-state index contributed by atoms with van der Waals surface area (Å²) < 4.78 is 15.7. The molecule has 1 aliphatic heterocycles. The fraction of sp³-hybridized carbons (Fsp3) is 0.357. The van der Waals surface area contributed by atoms with Gasteiger partial charge < -0.3 is 0 Å². The van der Waals surface area contributed by atoms with Crippen molar-refractivity contribution in [2.45, 2.75) is 32.0 Å². The maximum Gasteiger partial charge on any atom is 0.217 e. The van der Waals surface area contributed by atoms with E-state index in [4.69, 9.17) is 0 Å². The van der Waals surface area contributed by atoms with Gasteiger partial charge in [-0.2, -0.15) is 0 Å². The number of carbonyl (C=O) groups excluding carboxylic acids is 1. The third-order valence-corrected chi connectivity index (χ3v) is 3.40. The maximum absolute atomic E-state index is 14.1. The zero-order valence-corrected chi connectivity index (χ0v) is 10.6. The van der Waals surface area contributed by atoms with E-state index in [1.807, 2.05) is 30.3 Å². The molecule has 1 aliphatic rings. The molecular formula is C14H14FN3O. The number of aromatic nitrogens is 3. The molecule has 2 atom stereocenters. The van der Waals surface area contributed by atoms with Crippen molar-refractivity contribution in [3.63, 3.8) is 0 Å². The fourth-order valence-corrected chi connectivity index (χ4v) is 2.43. The van der Waals surface area contributed by atoms with Gasteiger partial charge in [0, 0.05) is 12.8 Å². The fourth-order valence-electron chi connectivity index (χ4n) is 2.43. The van der Waals surface area contributed by atoms with E-state index >= 15 is 0 Å². The van der Waals surface area contributed by atoms with Crippen LogP contribution in [0.15, 0.2) is 30.3 Å². The molecule has 0 saturated heterocycles. The number of carbonyl (C=O) groups is 1. The Morgan fingerprint density at radius 3 is 2.84 bits per heavy atom. The van der Waals surface area contributed by atoms with Crippen molar-refractivity contribution in [2.24, 2.45) is 0 Å². The number of nitrogens with zero attached hydrogens (tertiary/aromatic N) is 3. The van der Waals surface area contributed by atoms with Gasteiger partial charge in [-0.05, 0) is 5.56 Å². The number of hydrogen-bond acceptors (Lipinski definition) is 3. The van der Waals surface area contributed by atoms with Crippen LogP contribution in [-0.2, 0) is 6.42 Å². The number of hydrogen-bond donors (Lipinski definition) is 0. The molecule has 0 spiro atoms. The van der Waals surface area contributed by atoms with Crippen LogP contribution in [0.3, 0.4) is 0 Å². The Morgan fingerprint density at radius 2 is 2.16 bits per heavy atom. The highest BCUT2D eigenvalue weighted by atomic mass is 19.1. The lowest BCUT2D eigenvalue weighted by Crippen LogP contribution is -2.17. The molecule has 0 fully saturated rings. The Balaban J connectivity index is 2.01. The van der Waals surface area contributed by atoms with E-state index in [0.29, 0.717) is 12.2 Å². The molecule has 0 unspecified atom stereocenters. The molecule has 1 aromatic carbocycles. The van der Waals surface area contributed by atoms with Crippen molar-refractivity contribution < 1.29 is 9.18 Å². The summed E-state index contributed by atoms with van der Waals surface area (Å²) >= 11 is 0. The van der Waals surface area contributed by atoms with Gasteiger partial charge in [0.2, 0.25) is 11.6 Å². The summed E-state index contributed by atoms with van der Waals surface area (Å²) in [7, 11) is 0. The SMILES string of the molecule is CCC(=O)c1nc2n(n1)[C@H](c1ccccc1)[C@@H](F)C2. The number of benzene rings is 1. The van der Waals surface area contributed by atoms with Crippen molar-refractivity contribution in [3.8, 4) is 0 Å². The Bertz CT molecular complexity index is 608. The van der Waals surface area contributed by atoms with Gasteiger partial charge in [-0.3, -0.25) is 4.79 Å². The molecule has 2 heterocycles. The highest BCUT2D eigenvalue weighted by Gasteiger charge is 2.36. The molecule has 5 heteroatoms. The first-order valence-electron chi connectivity index (χ1n) is 6.38. The average molecular weight is 259 g/mol. The largest absolute Gasteiger partial charge is 0.291 e. The molecule has 1 aromatic heterocycles. The molecule has 4 nitrogen and oxygen atoms in total. The van der Waals surface area contributed by atoms with E-state index in [2.05, 4.69) is 10.1 Å². The van der Waals surface area contributed by atoms with E-state index in [0.717, 1.165) is 5.56 Å². The minimum Gasteiger partial charge on any atom is -0.291 e. The molecule has 0 saturated carbocycles. The minimum atomic E-state index is -1.04. The third-order valence-electron chi connectivity index (χ3n) is 3.40. The van der Waals surface area contributed by atoms with E-state index in [1.165, 1.54) is 0 Å². The second-order valence-corrected chi connectivity index (χ2v) is 4.65. The number of rotatable bonds is 3. The van der Waals surface area contributed by atoms with Crippen LogP contribution >= 0.6 is 0 Å². The standard InChI is InChI=1S/C14H14FN3O/c1-2-11(19)14-16-12-8-10(15)13(18(12)17-14)9-6-4-3-5-7-9/h3-7,10,13H,2,8H2,1H3/t10-,13+/m0/s1. The highest BCUT2D eigenvalue weighted by molar-refractivity contribution is 5.92. The first kappa shape index (κ1) is 12.0. The van der Waals surface area contributed by atoms with Gasteiger partial charge in [0.05, 0.1) is 0 Å². The van der Waals surface area contributed by atoms with Gasteiger partial charge in [-0.15, -0.1) is 5.10 Å². The quantitative estimate of drug-likeness (QED) is 0.795. The zero-order valence-electron chi connectivity index (χ0n) is 10.6. The van der Waals surface area contributed by atoms with Crippen molar-refractivity contribution in [1.82, 2.24) is 14.8 Å². The predicted octanol–water partition coefficient (Wildman–Crippen LogP) is 2.35. The molecular weight excluding hydrogens is 245 g/mol. The summed E-state index contributed by atoms with van der Waals surface area (Å²) in [6.45, 7) is 1.76. The molecule has 0 aliphatic carbocycles. The number of alkyl halides is 1. The first-order chi connectivity index (χ1) is 9.20. The van der Waals surface area contributed by atoms with E-state index < -0.39 is 12.2 Å². The van der Waals surface area contributed by atoms with Crippen molar-refractivity contribution in [1.29, 1.82) is 0 Å². The zero-order chi connectivity index (χ0) is 13.4. The Hall–Kier alpha value is -2.04. The summed E-state index contributed by atoms with van der Waals surface area (Å²) in [5.74, 6) is 0.646. The van der Waals surface area contributed by atoms with Gasteiger partial charge >= 0.3 is 0 Å². The number of ketones is 1. The van der Waals surface area contributed by atoms with Gasteiger partial charge in [-0.25, -0.2) is 14.1 Å². The third kappa shape index (κ3) is 1.95. The van der Waals surface area contributed by atoms with Gasteiger partial charge in [0.25, 0.3) is 0 Å². The number of Topliss-reactive ketones (excluding diaryl/α,β-unsaturated/α-hetero) is 1. The summed E-state index contributed by atoms with van der Waals surface area (Å²) in [5, 5.41) is 4.19. The molecule has 19 heavy (non-hydrogen) atoms. The molecule has 2 aromatic rings. The molecule has 0 N–H and O–H groups in total. The lowest BCUT2D eigenvalue weighted by molar-refractivity contribution is 0.0977. The lowest BCUT2D eigenvalue weighted by Gasteiger charge is -2.14. The van der Waals surface area contributed by atoms with Crippen LogP contribution in [0, 0.1) is 0 Å². The average Bonchev–Trinajstić information content (AvgIpc) is 2.95. The molecule has 0 radical (unpaired) electrons. The Labute approximate surface area is 110 Å². The van der Waals surface area contributed by atoms with Crippen LogP contribution in [0.25, 0.3) is 0 Å². The van der Waals surface area contributed by atoms with Crippen LogP contribution in [0.2, 0.25) is 0 Å². The molecule has 0 amide bonds. The lowest BCUT2D eigenvalue weighted by atomic mass is 10.0. The van der Waals surface area contributed by atoms with Crippen LogP contribution in [0.4, 0.5) is 4.39 Å². The maximum atomic E-state index is 14.1. The normalized spacial score (nSPS) is 21.4. The van der Waals surface area contributed by atoms with Gasteiger partial charge in [0.1, 0.15) is 18.0 Å². The second-order valence-electron chi connectivity index (χ2n) is 4.65. The molecule has 3 rings (SSSR count). The Kier molecular flexibility index (Phi) is 2.89. The summed E-state index contributed by atoms with van der Waals surface area (Å²) in [6, 6.07) is 8.90. The summed E-state index contributed by atoms with van der Waals surface area (Å²) in [5.41, 5.74) is 0.856. The summed E-state index contributed by atoms with van der Waals surface area (Å²) in [4.78, 5) is 15.8. The summed E-state index contributed by atoms with van der Waals surface area (Å²) in [6.07, 6.45) is -0.467. The number of halogens is 1. The van der Waals surface area contributed by atoms with Crippen molar-refractivity contribution in [3.05, 3.63) is 47.5 Å². The van der Waals surface area contributed by atoms with E-state index in [-0.39, 0.29) is 18.0 Å². The van der Waals surface area contributed by atoms with Crippen LogP contribution in [0.1, 0.15) is 41.4 Å². The smallest absolute Gasteiger partial charge is 0.217 e. The van der Waals surface area contributed by atoms with Gasteiger partial charge in [0.15, 0.2) is 0 Å². The second kappa shape index (κ2) is 4.57. The van der Waals surface area contributed by atoms with Gasteiger partial charge in [-0.1, -0.05) is 37.3 Å². The monoisotopic (exact) mass is 259 g/mol. The highest BCUT2D eigenvalue weighted by Crippen LogP contribution is 2.32. The van der Waals surface area contributed by atoms with Crippen LogP contribution in [-0.4, -0.2) is 26.7 Å². The van der Waals surface area contributed by atoms with Crippen LogP contribution in [0.5, 0.6) is 0 Å². The van der Waals surface area contributed by atoms with E-state index in [1.54, 1.807) is 11.6 Å². The Morgan fingerprint density at radius 1 is 1.42 bits per heavy atom. The van der Waals surface area contributed by atoms with Crippen LogP contribution < -0.4 is 0 Å². The van der Waals surface area contributed by atoms with E-state index in [9.17, 15) is 9.18 Å². The van der Waals surface area contributed by atoms with Crippen molar-refractivity contribution in [2.75, 3.05) is 0 Å². The predicted molar refractivity (Wildman–Crippen MR) is 67.8 cm³/mol. The molecule has 98 valence electrons. The minimum absolute atomic E-state index is 0.107.